The molecule has 0 radical (unpaired) electrons. The summed E-state index contributed by atoms with van der Waals surface area (Å²) in [5.41, 5.74) is 0.246. The van der Waals surface area contributed by atoms with Crippen molar-refractivity contribution in [2.45, 2.75) is 38.5 Å². The van der Waals surface area contributed by atoms with Gasteiger partial charge in [0.15, 0.2) is 6.04 Å². The van der Waals surface area contributed by atoms with Gasteiger partial charge in [-0.15, -0.1) is 0 Å². The molecule has 6 nitrogen and oxygen atoms in total. The minimum Gasteiger partial charge on any atom is -0.464 e. The van der Waals surface area contributed by atoms with Crippen LogP contribution in [0.2, 0.25) is 10.0 Å². The van der Waals surface area contributed by atoms with E-state index in [4.69, 9.17) is 32.7 Å². The normalized spacial score (nSPS) is 22.7. The van der Waals surface area contributed by atoms with Crippen molar-refractivity contribution in [1.82, 2.24) is 4.90 Å². The van der Waals surface area contributed by atoms with Crippen molar-refractivity contribution in [3.63, 3.8) is 0 Å². The van der Waals surface area contributed by atoms with Gasteiger partial charge in [0, 0.05) is 18.2 Å². The predicted octanol–water partition coefficient (Wildman–Crippen LogP) is 2.97. The molecule has 1 heterocycles. The number of benzene rings is 1. The second kappa shape index (κ2) is 7.91. The van der Waals surface area contributed by atoms with Gasteiger partial charge in [-0.25, -0.2) is 4.79 Å². The molecule has 2 atom stereocenters. The number of nitrogens with zero attached hydrogens (tertiary/aromatic N) is 1. The number of amides is 1. The maximum absolute atomic E-state index is 12.7. The van der Waals surface area contributed by atoms with E-state index in [0.717, 1.165) is 11.3 Å². The van der Waals surface area contributed by atoms with Crippen molar-refractivity contribution < 1.29 is 24.2 Å². The lowest BCUT2D eigenvalue weighted by Crippen LogP contribution is -2.61. The van der Waals surface area contributed by atoms with E-state index in [1.807, 2.05) is 6.92 Å². The van der Waals surface area contributed by atoms with Crippen LogP contribution >= 0.6 is 23.2 Å². The molecule has 8 heteroatoms. The highest BCUT2D eigenvalue weighted by atomic mass is 35.5. The zero-order chi connectivity index (χ0) is 18.8. The van der Waals surface area contributed by atoms with Crippen LogP contribution < -0.4 is 0 Å². The Kier molecular flexibility index (Phi) is 6.32. The first-order valence-corrected chi connectivity index (χ1v) is 8.83. The van der Waals surface area contributed by atoms with Crippen molar-refractivity contribution in [3.05, 3.63) is 33.3 Å². The van der Waals surface area contributed by atoms with Gasteiger partial charge in [0.05, 0.1) is 23.3 Å². The molecule has 1 N–H and O–H groups in total. The SMILES string of the molecule is CCCCOC1(O)c2cc(Cl)c(Cl)cc2C(=O)N(C)C1C(=O)OCC. The average molecular weight is 390 g/mol. The van der Waals surface area contributed by atoms with Crippen molar-refractivity contribution in [2.75, 3.05) is 20.3 Å². The maximum atomic E-state index is 12.7. The number of ether oxygens (including phenoxy) is 2. The molecule has 1 aliphatic heterocycles. The van der Waals surface area contributed by atoms with Crippen LogP contribution in [0, 0.1) is 0 Å². The Bertz CT molecular complexity index is 681. The lowest BCUT2D eigenvalue weighted by atomic mass is 9.87. The molecule has 1 aromatic carbocycles. The van der Waals surface area contributed by atoms with Crippen molar-refractivity contribution in [3.8, 4) is 0 Å². The van der Waals surface area contributed by atoms with E-state index in [-0.39, 0.29) is 34.4 Å². The van der Waals surface area contributed by atoms with E-state index in [1.54, 1.807) is 6.92 Å². The largest absolute Gasteiger partial charge is 0.464 e. The number of halogens is 2. The summed E-state index contributed by atoms with van der Waals surface area (Å²) in [6, 6.07) is 1.39. The van der Waals surface area contributed by atoms with E-state index in [1.165, 1.54) is 19.2 Å². The van der Waals surface area contributed by atoms with Gasteiger partial charge in [0.1, 0.15) is 0 Å². The first-order chi connectivity index (χ1) is 11.8. The lowest BCUT2D eigenvalue weighted by molar-refractivity contribution is -0.250. The molecule has 138 valence electrons. The number of unbranched alkanes of at least 4 members (excludes halogenated alkanes) is 1. The van der Waals surface area contributed by atoms with Crippen LogP contribution in [-0.4, -0.2) is 48.2 Å². The molecular formula is C17H21Cl2NO5. The third-order valence-electron chi connectivity index (χ3n) is 4.08. The van der Waals surface area contributed by atoms with Gasteiger partial charge in [0.25, 0.3) is 5.91 Å². The van der Waals surface area contributed by atoms with E-state index >= 15 is 0 Å². The maximum Gasteiger partial charge on any atom is 0.334 e. The first-order valence-electron chi connectivity index (χ1n) is 8.07. The smallest absolute Gasteiger partial charge is 0.334 e. The highest BCUT2D eigenvalue weighted by molar-refractivity contribution is 6.42. The van der Waals surface area contributed by atoms with E-state index in [9.17, 15) is 14.7 Å². The van der Waals surface area contributed by atoms with Crippen LogP contribution in [0.15, 0.2) is 12.1 Å². The summed E-state index contributed by atoms with van der Waals surface area (Å²) in [5, 5.41) is 11.6. The molecule has 0 spiro atoms. The van der Waals surface area contributed by atoms with Crippen molar-refractivity contribution in [2.24, 2.45) is 0 Å². The topological polar surface area (TPSA) is 76.1 Å². The summed E-state index contributed by atoms with van der Waals surface area (Å²) >= 11 is 12.1. The van der Waals surface area contributed by atoms with Gasteiger partial charge in [0.2, 0.25) is 5.79 Å². The number of hydrogen-bond donors (Lipinski definition) is 1. The second-order valence-corrected chi connectivity index (χ2v) is 6.60. The third-order valence-corrected chi connectivity index (χ3v) is 4.81. The number of carbonyl (C=O) groups is 2. The third kappa shape index (κ3) is 3.62. The van der Waals surface area contributed by atoms with E-state index < -0.39 is 23.7 Å². The predicted molar refractivity (Wildman–Crippen MR) is 93.7 cm³/mol. The molecule has 1 amide bonds. The monoisotopic (exact) mass is 389 g/mol. The number of esters is 1. The quantitative estimate of drug-likeness (QED) is 0.459. The zero-order valence-electron chi connectivity index (χ0n) is 14.3. The van der Waals surface area contributed by atoms with Gasteiger partial charge in [-0.1, -0.05) is 36.5 Å². The van der Waals surface area contributed by atoms with Crippen LogP contribution in [0.4, 0.5) is 0 Å². The van der Waals surface area contributed by atoms with Crippen LogP contribution in [0.1, 0.15) is 42.6 Å². The fourth-order valence-electron chi connectivity index (χ4n) is 2.81. The molecule has 0 saturated carbocycles. The molecule has 2 rings (SSSR count). The molecule has 0 aromatic heterocycles. The van der Waals surface area contributed by atoms with Gasteiger partial charge in [-0.3, -0.25) is 4.79 Å². The second-order valence-electron chi connectivity index (χ2n) is 5.78. The zero-order valence-corrected chi connectivity index (χ0v) is 15.9. The lowest BCUT2D eigenvalue weighted by Gasteiger charge is -2.44. The Morgan fingerprint density at radius 3 is 2.56 bits per heavy atom. The molecule has 25 heavy (non-hydrogen) atoms. The first kappa shape index (κ1) is 20.0. The Morgan fingerprint density at radius 1 is 1.32 bits per heavy atom. The summed E-state index contributed by atoms with van der Waals surface area (Å²) in [6.45, 7) is 3.92. The summed E-state index contributed by atoms with van der Waals surface area (Å²) < 4.78 is 10.7. The fraction of sp³-hybridized carbons (Fsp3) is 0.529. The standard InChI is InChI=1S/C17H21Cl2NO5/c1-4-6-7-25-17(23)11-9-13(19)12(18)8-10(11)15(21)20(3)14(17)16(22)24-5-2/h8-9,14,23H,4-7H2,1-3H3. The number of hydrogen-bond acceptors (Lipinski definition) is 5. The highest BCUT2D eigenvalue weighted by Crippen LogP contribution is 2.41. The van der Waals surface area contributed by atoms with Crippen LogP contribution in [0.5, 0.6) is 0 Å². The Morgan fingerprint density at radius 2 is 1.96 bits per heavy atom. The number of fused-ring (bicyclic) bond motifs is 1. The van der Waals surface area contributed by atoms with Crippen molar-refractivity contribution in [1.29, 1.82) is 0 Å². The summed E-state index contributed by atoms with van der Waals surface area (Å²) in [5.74, 6) is -3.31. The Labute approximate surface area is 156 Å². The number of aliphatic hydroxyl groups is 1. The van der Waals surface area contributed by atoms with Gasteiger partial charge in [-0.2, -0.15) is 0 Å². The van der Waals surface area contributed by atoms with E-state index in [2.05, 4.69) is 0 Å². The minimum atomic E-state index is -2.08. The Hall–Kier alpha value is -1.34. The summed E-state index contributed by atoms with van der Waals surface area (Å²) in [6.07, 6.45) is 1.51. The molecular weight excluding hydrogens is 369 g/mol. The fourth-order valence-corrected chi connectivity index (χ4v) is 3.13. The van der Waals surface area contributed by atoms with Gasteiger partial charge < -0.3 is 19.5 Å². The highest BCUT2D eigenvalue weighted by Gasteiger charge is 2.54. The molecule has 2 unspecified atom stereocenters. The molecule has 1 aromatic rings. The minimum absolute atomic E-state index is 0.108. The molecule has 0 fully saturated rings. The molecule has 0 saturated heterocycles. The van der Waals surface area contributed by atoms with Gasteiger partial charge >= 0.3 is 5.97 Å². The van der Waals surface area contributed by atoms with Crippen LogP contribution in [0.3, 0.4) is 0 Å². The molecule has 0 aliphatic carbocycles. The number of likely N-dealkylation sites (N-methyl/N-ethyl adjacent to an activating group) is 1. The summed E-state index contributed by atoms with van der Waals surface area (Å²) in [4.78, 5) is 26.2. The van der Waals surface area contributed by atoms with Gasteiger partial charge in [-0.05, 0) is 25.5 Å². The van der Waals surface area contributed by atoms with E-state index in [0.29, 0.717) is 6.42 Å². The van der Waals surface area contributed by atoms with Crippen molar-refractivity contribution >= 4 is 35.1 Å². The average Bonchev–Trinajstić information content (AvgIpc) is 2.55. The molecule has 0 bridgehead atoms. The van der Waals surface area contributed by atoms with Crippen LogP contribution in [-0.2, 0) is 20.1 Å². The number of carbonyl (C=O) groups excluding carboxylic acids is 2. The Balaban J connectivity index is 2.61. The van der Waals surface area contributed by atoms with Crippen LogP contribution in [0.25, 0.3) is 0 Å². The summed E-state index contributed by atoms with van der Waals surface area (Å²) in [7, 11) is 1.41. The molecule has 1 aliphatic rings. The number of rotatable bonds is 6.